The Balaban J connectivity index is 2.86. The average Bonchev–Trinajstić information content (AvgIpc) is 2.08. The van der Waals surface area contributed by atoms with E-state index in [1.54, 1.807) is 0 Å². The molecule has 0 heterocycles. The van der Waals surface area contributed by atoms with Crippen molar-refractivity contribution in [3.05, 3.63) is 28.8 Å². The Morgan fingerprint density at radius 2 is 1.59 bits per heavy atom. The summed E-state index contributed by atoms with van der Waals surface area (Å²) in [5.74, 6) is 0.0903. The summed E-state index contributed by atoms with van der Waals surface area (Å²) in [6.07, 6.45) is 0.541. The fraction of sp³-hybridized carbons (Fsp3) is 0.533. The fourth-order valence-electron chi connectivity index (χ4n) is 2.04. The van der Waals surface area contributed by atoms with Crippen LogP contribution in [-0.2, 0) is 4.79 Å². The van der Waals surface area contributed by atoms with Crippen LogP contribution in [0.5, 0.6) is 0 Å². The van der Waals surface area contributed by atoms with E-state index in [1.807, 2.05) is 13.8 Å². The number of rotatable bonds is 2. The highest BCUT2D eigenvalue weighted by molar-refractivity contribution is 5.92. The zero-order chi connectivity index (χ0) is 13.2. The molecule has 1 rings (SSSR count). The van der Waals surface area contributed by atoms with Crippen molar-refractivity contribution in [3.63, 3.8) is 0 Å². The molecular weight excluding hydrogens is 210 g/mol. The highest BCUT2D eigenvalue weighted by Gasteiger charge is 2.17. The predicted octanol–water partition coefficient (Wildman–Crippen LogP) is 3.99. The van der Waals surface area contributed by atoms with Crippen molar-refractivity contribution >= 4 is 11.6 Å². The molecule has 0 aliphatic carbocycles. The van der Waals surface area contributed by atoms with Crippen LogP contribution < -0.4 is 5.32 Å². The van der Waals surface area contributed by atoms with Crippen molar-refractivity contribution in [1.29, 1.82) is 0 Å². The lowest BCUT2D eigenvalue weighted by molar-refractivity contribution is -0.117. The lowest BCUT2D eigenvalue weighted by Crippen LogP contribution is -2.20. The van der Waals surface area contributed by atoms with Gasteiger partial charge < -0.3 is 5.32 Å². The molecule has 1 N–H and O–H groups in total. The van der Waals surface area contributed by atoms with E-state index in [0.29, 0.717) is 6.42 Å². The molecule has 0 aromatic heterocycles. The van der Waals surface area contributed by atoms with Gasteiger partial charge in [-0.3, -0.25) is 4.79 Å². The fourth-order valence-corrected chi connectivity index (χ4v) is 2.04. The monoisotopic (exact) mass is 233 g/mol. The smallest absolute Gasteiger partial charge is 0.224 e. The number of anilines is 1. The molecule has 0 fully saturated rings. The molecule has 0 aliphatic heterocycles. The second kappa shape index (κ2) is 4.91. The van der Waals surface area contributed by atoms with Gasteiger partial charge in [0.2, 0.25) is 5.91 Å². The molecule has 94 valence electrons. The van der Waals surface area contributed by atoms with Crippen molar-refractivity contribution in [2.75, 3.05) is 5.32 Å². The van der Waals surface area contributed by atoms with Gasteiger partial charge in [0.05, 0.1) is 0 Å². The third-order valence-corrected chi connectivity index (χ3v) is 2.63. The Morgan fingerprint density at radius 1 is 1.12 bits per heavy atom. The summed E-state index contributed by atoms with van der Waals surface area (Å²) in [5.41, 5.74) is 4.48. The van der Waals surface area contributed by atoms with Crippen LogP contribution in [0, 0.1) is 26.2 Å². The van der Waals surface area contributed by atoms with Gasteiger partial charge in [0, 0.05) is 12.1 Å². The van der Waals surface area contributed by atoms with Crippen molar-refractivity contribution in [2.24, 2.45) is 5.41 Å². The molecule has 0 atom stereocenters. The van der Waals surface area contributed by atoms with E-state index in [1.165, 1.54) is 5.56 Å². The highest BCUT2D eigenvalue weighted by atomic mass is 16.1. The number of hydrogen-bond donors (Lipinski definition) is 1. The van der Waals surface area contributed by atoms with Crippen molar-refractivity contribution in [2.45, 2.75) is 48.0 Å². The number of nitrogens with one attached hydrogen (secondary N) is 1. The Kier molecular flexibility index (Phi) is 3.97. The maximum absolute atomic E-state index is 11.9. The summed E-state index contributed by atoms with van der Waals surface area (Å²) in [4.78, 5) is 11.9. The van der Waals surface area contributed by atoms with Gasteiger partial charge in [-0.2, -0.15) is 0 Å². The van der Waals surface area contributed by atoms with Gasteiger partial charge in [0.1, 0.15) is 0 Å². The summed E-state index contributed by atoms with van der Waals surface area (Å²) < 4.78 is 0. The van der Waals surface area contributed by atoms with E-state index < -0.39 is 0 Å². The molecule has 2 nitrogen and oxygen atoms in total. The molecular formula is C15H23NO. The van der Waals surface area contributed by atoms with Crippen LogP contribution in [-0.4, -0.2) is 5.91 Å². The van der Waals surface area contributed by atoms with Crippen LogP contribution in [0.2, 0.25) is 0 Å². The van der Waals surface area contributed by atoms with Gasteiger partial charge in [-0.15, -0.1) is 0 Å². The molecule has 1 aromatic rings. The first-order valence-corrected chi connectivity index (χ1v) is 6.07. The molecule has 0 bridgehead atoms. The maximum atomic E-state index is 11.9. The highest BCUT2D eigenvalue weighted by Crippen LogP contribution is 2.24. The molecule has 0 saturated heterocycles. The van der Waals surface area contributed by atoms with E-state index in [9.17, 15) is 4.79 Å². The van der Waals surface area contributed by atoms with E-state index in [0.717, 1.165) is 16.8 Å². The molecule has 2 heteroatoms. The minimum absolute atomic E-state index is 0.0244. The second-order valence-electron chi connectivity index (χ2n) is 6.06. The van der Waals surface area contributed by atoms with Gasteiger partial charge in [0.15, 0.2) is 0 Å². The third kappa shape index (κ3) is 4.22. The van der Waals surface area contributed by atoms with Crippen LogP contribution >= 0.6 is 0 Å². The number of carbonyl (C=O) groups excluding carboxylic acids is 1. The Bertz CT molecular complexity index is 404. The summed E-state index contributed by atoms with van der Waals surface area (Å²) >= 11 is 0. The van der Waals surface area contributed by atoms with E-state index >= 15 is 0 Å². The van der Waals surface area contributed by atoms with Gasteiger partial charge in [-0.1, -0.05) is 38.5 Å². The lowest BCUT2D eigenvalue weighted by atomic mass is 9.92. The number of carbonyl (C=O) groups is 1. The van der Waals surface area contributed by atoms with E-state index in [2.05, 4.69) is 45.1 Å². The van der Waals surface area contributed by atoms with Gasteiger partial charge >= 0.3 is 0 Å². The first kappa shape index (κ1) is 13.8. The summed E-state index contributed by atoms with van der Waals surface area (Å²) in [6.45, 7) is 12.4. The standard InChI is InChI=1S/C15H23NO/c1-10-7-11(2)14(12(3)8-10)16-13(17)9-15(4,5)6/h7-8H,9H2,1-6H3,(H,16,17). The summed E-state index contributed by atoms with van der Waals surface area (Å²) in [5, 5.41) is 3.02. The van der Waals surface area contributed by atoms with Gasteiger partial charge in [0.25, 0.3) is 0 Å². The SMILES string of the molecule is Cc1cc(C)c(NC(=O)CC(C)(C)C)c(C)c1. The summed E-state index contributed by atoms with van der Waals surface area (Å²) in [7, 11) is 0. The zero-order valence-corrected chi connectivity index (χ0v) is 11.8. The van der Waals surface area contributed by atoms with Crippen molar-refractivity contribution in [3.8, 4) is 0 Å². The Labute approximate surface area is 104 Å². The molecule has 17 heavy (non-hydrogen) atoms. The molecule has 0 aliphatic rings. The quantitative estimate of drug-likeness (QED) is 0.822. The largest absolute Gasteiger partial charge is 0.326 e. The van der Waals surface area contributed by atoms with Crippen LogP contribution in [0.3, 0.4) is 0 Å². The topological polar surface area (TPSA) is 29.1 Å². The van der Waals surface area contributed by atoms with Crippen LogP contribution in [0.4, 0.5) is 5.69 Å². The van der Waals surface area contributed by atoms with Crippen LogP contribution in [0.15, 0.2) is 12.1 Å². The lowest BCUT2D eigenvalue weighted by Gasteiger charge is -2.19. The Hall–Kier alpha value is -1.31. The average molecular weight is 233 g/mol. The summed E-state index contributed by atoms with van der Waals surface area (Å²) in [6, 6.07) is 4.19. The molecule has 1 aromatic carbocycles. The van der Waals surface area contributed by atoms with Crippen LogP contribution in [0.25, 0.3) is 0 Å². The molecule has 1 amide bonds. The van der Waals surface area contributed by atoms with Crippen molar-refractivity contribution < 1.29 is 4.79 Å². The van der Waals surface area contributed by atoms with E-state index in [-0.39, 0.29) is 11.3 Å². The van der Waals surface area contributed by atoms with E-state index in [4.69, 9.17) is 0 Å². The molecule has 0 saturated carbocycles. The van der Waals surface area contributed by atoms with Crippen molar-refractivity contribution in [1.82, 2.24) is 0 Å². The molecule has 0 radical (unpaired) electrons. The van der Waals surface area contributed by atoms with Gasteiger partial charge in [-0.25, -0.2) is 0 Å². The molecule has 0 unspecified atom stereocenters. The number of aryl methyl sites for hydroxylation is 3. The minimum atomic E-state index is 0.0244. The second-order valence-corrected chi connectivity index (χ2v) is 6.06. The maximum Gasteiger partial charge on any atom is 0.224 e. The first-order valence-electron chi connectivity index (χ1n) is 6.07. The third-order valence-electron chi connectivity index (χ3n) is 2.63. The number of benzene rings is 1. The normalized spacial score (nSPS) is 11.4. The minimum Gasteiger partial charge on any atom is -0.326 e. The molecule has 0 spiro atoms. The Morgan fingerprint density at radius 3 is 2.00 bits per heavy atom. The predicted molar refractivity (Wildman–Crippen MR) is 73.4 cm³/mol. The zero-order valence-electron chi connectivity index (χ0n) is 11.8. The van der Waals surface area contributed by atoms with Crippen LogP contribution in [0.1, 0.15) is 43.9 Å². The van der Waals surface area contributed by atoms with Gasteiger partial charge in [-0.05, 0) is 37.3 Å². The number of hydrogen-bond acceptors (Lipinski definition) is 1. The number of amides is 1. The first-order chi connectivity index (χ1) is 7.69.